The Morgan fingerprint density at radius 1 is 1.25 bits per heavy atom. The number of aromatic nitrogens is 2. The number of aryl methyl sites for hydroxylation is 1. The van der Waals surface area contributed by atoms with E-state index in [4.69, 9.17) is 11.6 Å². The van der Waals surface area contributed by atoms with Gasteiger partial charge in [-0.2, -0.15) is 0 Å². The van der Waals surface area contributed by atoms with Crippen LogP contribution in [0.25, 0.3) is 0 Å². The van der Waals surface area contributed by atoms with Gasteiger partial charge in [0.1, 0.15) is 16.8 Å². The zero-order valence-corrected chi connectivity index (χ0v) is 15.1. The molecular weight excluding hydrogens is 324 g/mol. The summed E-state index contributed by atoms with van der Waals surface area (Å²) in [7, 11) is 0. The Balaban J connectivity index is 2.09. The Labute approximate surface area is 147 Å². The van der Waals surface area contributed by atoms with Gasteiger partial charge in [-0.05, 0) is 37.5 Å². The second-order valence-corrected chi connectivity index (χ2v) is 5.95. The lowest BCUT2D eigenvalue weighted by Gasteiger charge is -2.13. The van der Waals surface area contributed by atoms with Crippen LogP contribution in [0.3, 0.4) is 0 Å². The topological polar surface area (TPSA) is 66.9 Å². The van der Waals surface area contributed by atoms with Gasteiger partial charge >= 0.3 is 0 Å². The lowest BCUT2D eigenvalue weighted by Crippen LogP contribution is -2.11. The van der Waals surface area contributed by atoms with Gasteiger partial charge in [0.25, 0.3) is 0 Å². The average molecular weight is 347 g/mol. The van der Waals surface area contributed by atoms with Gasteiger partial charge in [-0.25, -0.2) is 9.97 Å². The summed E-state index contributed by atoms with van der Waals surface area (Å²) in [6.45, 7) is 6.42. The molecule has 0 bridgehead atoms. The van der Waals surface area contributed by atoms with Crippen molar-refractivity contribution in [3.05, 3.63) is 46.4 Å². The molecule has 1 aromatic carbocycles. The van der Waals surface area contributed by atoms with Gasteiger partial charge in [0.05, 0.1) is 0 Å². The second-order valence-electron chi connectivity index (χ2n) is 5.59. The zero-order chi connectivity index (χ0) is 17.5. The lowest BCUT2D eigenvalue weighted by atomic mass is 10.2. The first-order valence-corrected chi connectivity index (χ1v) is 8.57. The van der Waals surface area contributed by atoms with Crippen molar-refractivity contribution in [1.82, 2.24) is 9.97 Å². The standard InChI is InChI=1S/C18H23ClN4O/c1-4-7-16(24)23-14-9-6-8-13(10-14)11-20-18-15(5-2)17(19)21-12(3)22-18/h6,8-10H,4-5,7,11H2,1-3H3,(H,23,24)(H,20,21,22). The van der Waals surface area contributed by atoms with E-state index in [1.165, 1.54) is 0 Å². The molecule has 2 N–H and O–H groups in total. The van der Waals surface area contributed by atoms with Crippen LogP contribution in [0.15, 0.2) is 24.3 Å². The number of rotatable bonds is 7. The van der Waals surface area contributed by atoms with Crippen molar-refractivity contribution in [2.75, 3.05) is 10.6 Å². The molecule has 1 heterocycles. The van der Waals surface area contributed by atoms with E-state index in [9.17, 15) is 4.79 Å². The highest BCUT2D eigenvalue weighted by atomic mass is 35.5. The molecule has 0 aliphatic carbocycles. The Kier molecular flexibility index (Phi) is 6.55. The van der Waals surface area contributed by atoms with E-state index in [-0.39, 0.29) is 5.91 Å². The predicted octanol–water partition coefficient (Wildman–Crippen LogP) is 4.35. The average Bonchev–Trinajstić information content (AvgIpc) is 2.53. The monoisotopic (exact) mass is 346 g/mol. The highest BCUT2D eigenvalue weighted by Gasteiger charge is 2.10. The molecule has 6 heteroatoms. The number of carbonyl (C=O) groups excluding carboxylic acids is 1. The van der Waals surface area contributed by atoms with Crippen LogP contribution in [0.5, 0.6) is 0 Å². The van der Waals surface area contributed by atoms with E-state index in [1.807, 2.05) is 45.0 Å². The number of carbonyl (C=O) groups is 1. The first-order valence-electron chi connectivity index (χ1n) is 8.19. The first kappa shape index (κ1) is 18.2. The number of hydrogen-bond acceptors (Lipinski definition) is 4. The third-order valence-corrected chi connectivity index (χ3v) is 3.88. The quantitative estimate of drug-likeness (QED) is 0.731. The molecule has 0 atom stereocenters. The van der Waals surface area contributed by atoms with Crippen molar-refractivity contribution in [1.29, 1.82) is 0 Å². The van der Waals surface area contributed by atoms with Gasteiger partial charge in [-0.1, -0.05) is 37.6 Å². The normalized spacial score (nSPS) is 10.5. The number of amides is 1. The molecule has 5 nitrogen and oxygen atoms in total. The minimum absolute atomic E-state index is 0.0362. The zero-order valence-electron chi connectivity index (χ0n) is 14.3. The molecule has 0 radical (unpaired) electrons. The molecule has 2 rings (SSSR count). The molecule has 2 aromatic rings. The highest BCUT2D eigenvalue weighted by Crippen LogP contribution is 2.22. The number of halogens is 1. The van der Waals surface area contributed by atoms with Crippen LogP contribution in [-0.4, -0.2) is 15.9 Å². The van der Waals surface area contributed by atoms with Crippen LogP contribution in [0, 0.1) is 6.92 Å². The maximum Gasteiger partial charge on any atom is 0.224 e. The molecule has 0 fully saturated rings. The fourth-order valence-electron chi connectivity index (χ4n) is 2.42. The summed E-state index contributed by atoms with van der Waals surface area (Å²) in [4.78, 5) is 20.3. The SMILES string of the molecule is CCCC(=O)Nc1cccc(CNc2nc(C)nc(Cl)c2CC)c1. The molecule has 0 spiro atoms. The van der Waals surface area contributed by atoms with Gasteiger partial charge in [0.15, 0.2) is 0 Å². The van der Waals surface area contributed by atoms with Gasteiger partial charge in [0, 0.05) is 24.2 Å². The maximum atomic E-state index is 11.7. The largest absolute Gasteiger partial charge is 0.366 e. The Bertz CT molecular complexity index is 718. The molecule has 0 aliphatic rings. The van der Waals surface area contributed by atoms with E-state index >= 15 is 0 Å². The molecule has 1 aromatic heterocycles. The van der Waals surface area contributed by atoms with Crippen molar-refractivity contribution in [3.8, 4) is 0 Å². The van der Waals surface area contributed by atoms with Gasteiger partial charge in [-0.15, -0.1) is 0 Å². The van der Waals surface area contributed by atoms with Crippen molar-refractivity contribution in [3.63, 3.8) is 0 Å². The summed E-state index contributed by atoms with van der Waals surface area (Å²) in [6, 6.07) is 7.78. The molecule has 0 saturated heterocycles. The van der Waals surface area contributed by atoms with Crippen molar-refractivity contribution in [2.45, 2.75) is 46.6 Å². The van der Waals surface area contributed by atoms with Gasteiger partial charge in [-0.3, -0.25) is 4.79 Å². The van der Waals surface area contributed by atoms with Gasteiger partial charge in [0.2, 0.25) is 5.91 Å². The minimum Gasteiger partial charge on any atom is -0.366 e. The Morgan fingerprint density at radius 3 is 2.75 bits per heavy atom. The molecule has 1 amide bonds. The Morgan fingerprint density at radius 2 is 2.04 bits per heavy atom. The molecule has 0 aliphatic heterocycles. The number of nitrogens with one attached hydrogen (secondary N) is 2. The lowest BCUT2D eigenvalue weighted by molar-refractivity contribution is -0.116. The first-order chi connectivity index (χ1) is 11.5. The summed E-state index contributed by atoms with van der Waals surface area (Å²) in [5.41, 5.74) is 2.77. The van der Waals surface area contributed by atoms with Crippen LogP contribution >= 0.6 is 11.6 Å². The molecule has 24 heavy (non-hydrogen) atoms. The van der Waals surface area contributed by atoms with Crippen LogP contribution in [-0.2, 0) is 17.8 Å². The molecular formula is C18H23ClN4O. The summed E-state index contributed by atoms with van der Waals surface area (Å²) >= 11 is 6.19. The van der Waals surface area contributed by atoms with E-state index in [0.29, 0.717) is 23.9 Å². The number of nitrogens with zero attached hydrogens (tertiary/aromatic N) is 2. The van der Waals surface area contributed by atoms with Crippen LogP contribution in [0.2, 0.25) is 5.15 Å². The number of benzene rings is 1. The third-order valence-electron chi connectivity index (χ3n) is 3.57. The van der Waals surface area contributed by atoms with Crippen molar-refractivity contribution < 1.29 is 4.79 Å². The summed E-state index contributed by atoms with van der Waals surface area (Å²) < 4.78 is 0. The summed E-state index contributed by atoms with van der Waals surface area (Å²) in [5.74, 6) is 1.43. The second kappa shape index (κ2) is 8.64. The molecule has 0 saturated carbocycles. The molecule has 128 valence electrons. The summed E-state index contributed by atoms with van der Waals surface area (Å²) in [5, 5.41) is 6.72. The number of anilines is 2. The van der Waals surface area contributed by atoms with Crippen LogP contribution in [0.1, 0.15) is 43.6 Å². The van der Waals surface area contributed by atoms with Crippen molar-refractivity contribution >= 4 is 29.0 Å². The number of hydrogen-bond donors (Lipinski definition) is 2. The Hall–Kier alpha value is -2.14. The van der Waals surface area contributed by atoms with Gasteiger partial charge < -0.3 is 10.6 Å². The van der Waals surface area contributed by atoms with Crippen molar-refractivity contribution in [2.24, 2.45) is 0 Å². The fourth-order valence-corrected chi connectivity index (χ4v) is 2.76. The minimum atomic E-state index is 0.0362. The third kappa shape index (κ3) is 4.93. The van der Waals surface area contributed by atoms with Crippen LogP contribution in [0.4, 0.5) is 11.5 Å². The maximum absolute atomic E-state index is 11.7. The van der Waals surface area contributed by atoms with Crippen LogP contribution < -0.4 is 10.6 Å². The smallest absolute Gasteiger partial charge is 0.224 e. The predicted molar refractivity (Wildman–Crippen MR) is 98.5 cm³/mol. The van der Waals surface area contributed by atoms with E-state index in [0.717, 1.165) is 35.5 Å². The molecule has 0 unspecified atom stereocenters. The summed E-state index contributed by atoms with van der Waals surface area (Å²) in [6.07, 6.45) is 2.12. The fraction of sp³-hybridized carbons (Fsp3) is 0.389. The van der Waals surface area contributed by atoms with E-state index in [1.54, 1.807) is 0 Å². The highest BCUT2D eigenvalue weighted by molar-refractivity contribution is 6.30. The van der Waals surface area contributed by atoms with E-state index < -0.39 is 0 Å². The van der Waals surface area contributed by atoms with E-state index in [2.05, 4.69) is 20.6 Å².